The number of benzene rings is 2. The number of carboxylic acids is 2. The maximum Gasteiger partial charge on any atom is 0.337 e. The summed E-state index contributed by atoms with van der Waals surface area (Å²) in [6.45, 7) is 7.33. The van der Waals surface area contributed by atoms with Gasteiger partial charge in [-0.25, -0.2) is 9.59 Å². The van der Waals surface area contributed by atoms with Crippen molar-refractivity contribution in [3.8, 4) is 16.9 Å². The molecule has 2 aromatic carbocycles. The molecule has 2 rings (SSSR count). The highest BCUT2D eigenvalue weighted by molar-refractivity contribution is 6.34. The van der Waals surface area contributed by atoms with Crippen LogP contribution in [0.2, 0.25) is 5.02 Å². The Bertz CT molecular complexity index is 874. The van der Waals surface area contributed by atoms with Gasteiger partial charge in [0.05, 0.1) is 22.8 Å². The van der Waals surface area contributed by atoms with Crippen molar-refractivity contribution in [1.82, 2.24) is 0 Å². The number of carboxylic acid groups (broad SMARTS) is 2. The van der Waals surface area contributed by atoms with E-state index in [0.29, 0.717) is 29.4 Å². The number of ether oxygens (including phenoxy) is 1. The second kappa shape index (κ2) is 11.0. The number of aromatic carboxylic acids is 2. The third kappa shape index (κ3) is 6.77. The lowest BCUT2D eigenvalue weighted by Crippen LogP contribution is -2.05. The molecule has 5 nitrogen and oxygen atoms in total. The minimum atomic E-state index is -1.21. The average Bonchev–Trinajstić information content (AvgIpc) is 2.67. The van der Waals surface area contributed by atoms with Crippen molar-refractivity contribution in [2.24, 2.45) is 11.8 Å². The Hall–Kier alpha value is -2.53. The number of halogens is 1. The van der Waals surface area contributed by atoms with Crippen LogP contribution in [0.3, 0.4) is 0 Å². The van der Waals surface area contributed by atoms with Gasteiger partial charge < -0.3 is 14.9 Å². The molecule has 0 heterocycles. The zero-order chi connectivity index (χ0) is 22.3. The molecule has 30 heavy (non-hydrogen) atoms. The first-order valence-corrected chi connectivity index (χ1v) is 10.6. The van der Waals surface area contributed by atoms with Gasteiger partial charge in [0.1, 0.15) is 5.75 Å². The molecule has 0 saturated carbocycles. The lowest BCUT2D eigenvalue weighted by molar-refractivity contribution is 0.0682. The molecule has 2 N–H and O–H groups in total. The van der Waals surface area contributed by atoms with Crippen molar-refractivity contribution in [2.45, 2.75) is 46.5 Å². The monoisotopic (exact) mass is 432 g/mol. The minimum Gasteiger partial charge on any atom is -0.494 e. The molecule has 0 aromatic heterocycles. The van der Waals surface area contributed by atoms with E-state index < -0.39 is 11.9 Å². The van der Waals surface area contributed by atoms with Gasteiger partial charge in [0.2, 0.25) is 0 Å². The van der Waals surface area contributed by atoms with E-state index in [-0.39, 0.29) is 16.1 Å². The van der Waals surface area contributed by atoms with Gasteiger partial charge >= 0.3 is 11.9 Å². The molecule has 0 aliphatic carbocycles. The van der Waals surface area contributed by atoms with Gasteiger partial charge in [-0.1, -0.05) is 63.8 Å². The van der Waals surface area contributed by atoms with Gasteiger partial charge in [0.15, 0.2) is 0 Å². The largest absolute Gasteiger partial charge is 0.494 e. The molecule has 0 spiro atoms. The summed E-state index contributed by atoms with van der Waals surface area (Å²) in [5.41, 5.74) is 0.702. The van der Waals surface area contributed by atoms with Gasteiger partial charge in [0.25, 0.3) is 0 Å². The lowest BCUT2D eigenvalue weighted by atomic mass is 9.97. The second-order valence-electron chi connectivity index (χ2n) is 8.08. The number of carbonyl (C=O) groups is 2. The first-order valence-electron chi connectivity index (χ1n) is 10.2. The maximum atomic E-state index is 11.6. The van der Waals surface area contributed by atoms with E-state index >= 15 is 0 Å². The van der Waals surface area contributed by atoms with E-state index in [1.165, 1.54) is 31.4 Å². The highest BCUT2D eigenvalue weighted by Gasteiger charge is 2.19. The molecular formula is C24H29ClO5. The molecule has 0 saturated heterocycles. The topological polar surface area (TPSA) is 83.8 Å². The zero-order valence-corrected chi connectivity index (χ0v) is 18.4. The van der Waals surface area contributed by atoms with Gasteiger partial charge in [-0.3, -0.25) is 0 Å². The quantitative estimate of drug-likeness (QED) is 0.416. The first-order chi connectivity index (χ1) is 14.2. The van der Waals surface area contributed by atoms with Crippen molar-refractivity contribution in [1.29, 1.82) is 0 Å². The molecule has 0 amide bonds. The van der Waals surface area contributed by atoms with E-state index in [0.717, 1.165) is 12.3 Å². The van der Waals surface area contributed by atoms with Crippen LogP contribution in [0.1, 0.15) is 67.2 Å². The smallest absolute Gasteiger partial charge is 0.337 e. The van der Waals surface area contributed by atoms with Gasteiger partial charge in [-0.05, 0) is 53.6 Å². The Balaban J connectivity index is 2.04. The molecule has 0 fully saturated rings. The van der Waals surface area contributed by atoms with E-state index in [1.807, 2.05) is 0 Å². The van der Waals surface area contributed by atoms with Crippen molar-refractivity contribution in [2.75, 3.05) is 6.61 Å². The summed E-state index contributed by atoms with van der Waals surface area (Å²) in [7, 11) is 0. The Labute approximate surface area is 182 Å². The minimum absolute atomic E-state index is 0.0473. The molecule has 162 valence electrons. The summed E-state index contributed by atoms with van der Waals surface area (Å²) in [5, 5.41) is 18.6. The highest BCUT2D eigenvalue weighted by atomic mass is 35.5. The van der Waals surface area contributed by atoms with Crippen molar-refractivity contribution >= 4 is 23.5 Å². The van der Waals surface area contributed by atoms with Crippen LogP contribution in [-0.4, -0.2) is 28.8 Å². The summed E-state index contributed by atoms with van der Waals surface area (Å²) in [6.07, 6.45) is 4.65. The molecule has 0 aliphatic rings. The van der Waals surface area contributed by atoms with Gasteiger partial charge in [-0.2, -0.15) is 0 Å². The number of hydrogen-bond acceptors (Lipinski definition) is 3. The fourth-order valence-electron chi connectivity index (χ4n) is 3.28. The molecule has 0 aliphatic heterocycles. The Morgan fingerprint density at radius 1 is 0.933 bits per heavy atom. The summed E-state index contributed by atoms with van der Waals surface area (Å²) in [5.74, 6) is -0.348. The Morgan fingerprint density at radius 2 is 1.57 bits per heavy atom. The van der Waals surface area contributed by atoms with E-state index in [4.69, 9.17) is 16.3 Å². The summed E-state index contributed by atoms with van der Waals surface area (Å²) < 4.78 is 5.82. The van der Waals surface area contributed by atoms with Gasteiger partial charge in [0, 0.05) is 0 Å². The van der Waals surface area contributed by atoms with Crippen LogP contribution < -0.4 is 4.74 Å². The average molecular weight is 433 g/mol. The third-order valence-corrected chi connectivity index (χ3v) is 5.40. The first kappa shape index (κ1) is 23.7. The normalized spacial score (nSPS) is 12.0. The van der Waals surface area contributed by atoms with Crippen LogP contribution in [0.4, 0.5) is 0 Å². The summed E-state index contributed by atoms with van der Waals surface area (Å²) >= 11 is 5.92. The molecule has 0 bridgehead atoms. The summed E-state index contributed by atoms with van der Waals surface area (Å²) in [4.78, 5) is 22.9. The van der Waals surface area contributed by atoms with Crippen molar-refractivity contribution in [3.63, 3.8) is 0 Å². The Morgan fingerprint density at radius 3 is 2.13 bits per heavy atom. The highest BCUT2D eigenvalue weighted by Crippen LogP contribution is 2.31. The molecule has 1 atom stereocenters. The zero-order valence-electron chi connectivity index (χ0n) is 17.7. The lowest BCUT2D eigenvalue weighted by Gasteiger charge is -2.14. The fraction of sp³-hybridized carbons (Fsp3) is 0.417. The van der Waals surface area contributed by atoms with E-state index in [2.05, 4.69) is 20.8 Å². The Kier molecular flexibility index (Phi) is 8.72. The number of hydrogen-bond donors (Lipinski definition) is 2. The van der Waals surface area contributed by atoms with E-state index in [1.54, 1.807) is 24.3 Å². The fourth-order valence-corrected chi connectivity index (χ4v) is 3.53. The van der Waals surface area contributed by atoms with Gasteiger partial charge in [-0.15, -0.1) is 0 Å². The van der Waals surface area contributed by atoms with Crippen LogP contribution in [0.5, 0.6) is 5.75 Å². The second-order valence-corrected chi connectivity index (χ2v) is 8.49. The van der Waals surface area contributed by atoms with E-state index in [9.17, 15) is 19.8 Å². The van der Waals surface area contributed by atoms with Crippen LogP contribution in [-0.2, 0) is 0 Å². The molecule has 2 aromatic rings. The van der Waals surface area contributed by atoms with Crippen molar-refractivity contribution in [3.05, 3.63) is 52.5 Å². The predicted octanol–water partition coefficient (Wildman–Crippen LogP) is 6.63. The molecule has 0 radical (unpaired) electrons. The van der Waals surface area contributed by atoms with Crippen LogP contribution in [0.25, 0.3) is 11.1 Å². The van der Waals surface area contributed by atoms with Crippen LogP contribution in [0.15, 0.2) is 36.4 Å². The third-order valence-electron chi connectivity index (χ3n) is 5.09. The predicted molar refractivity (Wildman–Crippen MR) is 119 cm³/mol. The SMILES string of the molecule is CC(C)CCCC(C)CCOc1ccc(-c2cc(C(=O)O)c(Cl)cc2C(=O)O)cc1. The van der Waals surface area contributed by atoms with Crippen LogP contribution >= 0.6 is 11.6 Å². The maximum absolute atomic E-state index is 11.6. The molecular weight excluding hydrogens is 404 g/mol. The van der Waals surface area contributed by atoms with Crippen molar-refractivity contribution < 1.29 is 24.5 Å². The standard InChI is InChI=1S/C24H29ClO5/c1-15(2)5-4-6-16(3)11-12-30-18-9-7-17(8-10-18)19-13-21(24(28)29)22(25)14-20(19)23(26)27/h7-10,13-16H,4-6,11-12H2,1-3H3,(H,26,27)(H,28,29). The molecule has 6 heteroatoms. The number of rotatable bonds is 11. The summed E-state index contributed by atoms with van der Waals surface area (Å²) in [6, 6.07) is 9.45. The van der Waals surface area contributed by atoms with Crippen LogP contribution in [0, 0.1) is 11.8 Å². The molecule has 1 unspecified atom stereocenters.